The van der Waals surface area contributed by atoms with Crippen LogP contribution < -0.4 is 0 Å². The molecule has 1 aliphatic heterocycles. The van der Waals surface area contributed by atoms with Gasteiger partial charge in [0.1, 0.15) is 5.41 Å². The second-order valence-corrected chi connectivity index (χ2v) is 5.20. The van der Waals surface area contributed by atoms with Crippen molar-refractivity contribution in [3.63, 3.8) is 0 Å². The smallest absolute Gasteiger partial charge is 0.321 e. The topological polar surface area (TPSA) is 35.5 Å². The molecule has 3 nitrogen and oxygen atoms in total. The van der Waals surface area contributed by atoms with Gasteiger partial charge in [0.05, 0.1) is 20.3 Å². The molecule has 0 N–H and O–H groups in total. The van der Waals surface area contributed by atoms with Gasteiger partial charge in [-0.3, -0.25) is 4.79 Å². The lowest BCUT2D eigenvalue weighted by Crippen LogP contribution is -2.54. The van der Waals surface area contributed by atoms with Crippen molar-refractivity contribution in [2.75, 3.05) is 20.3 Å². The van der Waals surface area contributed by atoms with Crippen LogP contribution in [0.4, 0.5) is 0 Å². The highest BCUT2D eigenvalue weighted by molar-refractivity contribution is 5.86. The molecule has 3 heteroatoms. The molecule has 0 atom stereocenters. The second kappa shape index (κ2) is 4.39. The minimum Gasteiger partial charge on any atom is -0.468 e. The van der Waals surface area contributed by atoms with E-state index in [-0.39, 0.29) is 5.97 Å². The third-order valence-corrected chi connectivity index (χ3v) is 4.12. The van der Waals surface area contributed by atoms with Gasteiger partial charge in [-0.2, -0.15) is 0 Å². The predicted octanol–water partition coefficient (Wildman–Crippen LogP) is 2.36. The van der Waals surface area contributed by atoms with Crippen molar-refractivity contribution >= 4 is 5.97 Å². The largest absolute Gasteiger partial charge is 0.468 e. The molecular weight excluding hydrogens is 228 g/mol. The van der Waals surface area contributed by atoms with E-state index in [1.807, 2.05) is 0 Å². The molecule has 1 aromatic carbocycles. The van der Waals surface area contributed by atoms with Gasteiger partial charge < -0.3 is 9.47 Å². The Kier molecular flexibility index (Phi) is 3.20. The maximum absolute atomic E-state index is 12.1. The number of methoxy groups -OCH3 is 1. The van der Waals surface area contributed by atoms with E-state index in [4.69, 9.17) is 9.47 Å². The Morgan fingerprint density at radius 3 is 2.00 bits per heavy atom. The van der Waals surface area contributed by atoms with Crippen molar-refractivity contribution in [3.05, 3.63) is 33.9 Å². The molecular formula is C15H20O3. The first-order valence-corrected chi connectivity index (χ1v) is 6.18. The number of carbonyl (C=O) groups excluding carboxylic acids is 1. The molecule has 0 bridgehead atoms. The monoisotopic (exact) mass is 248 g/mol. The number of hydrogen-bond acceptors (Lipinski definition) is 3. The van der Waals surface area contributed by atoms with Crippen molar-refractivity contribution in [1.29, 1.82) is 0 Å². The van der Waals surface area contributed by atoms with E-state index in [2.05, 4.69) is 33.8 Å². The molecule has 1 fully saturated rings. The van der Waals surface area contributed by atoms with Crippen LogP contribution in [0.5, 0.6) is 0 Å². The van der Waals surface area contributed by atoms with Gasteiger partial charge in [0.15, 0.2) is 0 Å². The Morgan fingerprint density at radius 2 is 1.67 bits per heavy atom. The predicted molar refractivity (Wildman–Crippen MR) is 69.9 cm³/mol. The molecule has 0 saturated carbocycles. The Hall–Kier alpha value is -1.35. The lowest BCUT2D eigenvalue weighted by molar-refractivity contribution is -0.166. The first-order valence-electron chi connectivity index (χ1n) is 6.18. The first kappa shape index (κ1) is 13.1. The number of hydrogen-bond donors (Lipinski definition) is 0. The zero-order valence-electron chi connectivity index (χ0n) is 11.7. The van der Waals surface area contributed by atoms with E-state index in [1.165, 1.54) is 29.4 Å². The van der Waals surface area contributed by atoms with E-state index in [0.717, 1.165) is 5.56 Å². The average Bonchev–Trinajstić information content (AvgIpc) is 2.29. The summed E-state index contributed by atoms with van der Waals surface area (Å²) in [6, 6.07) is 2.17. The Balaban J connectivity index is 2.66. The van der Waals surface area contributed by atoms with E-state index in [0.29, 0.717) is 13.2 Å². The first-order chi connectivity index (χ1) is 8.44. The van der Waals surface area contributed by atoms with Crippen LogP contribution in [0.15, 0.2) is 6.07 Å². The number of rotatable bonds is 2. The molecule has 2 rings (SSSR count). The highest BCUT2D eigenvalue weighted by atomic mass is 16.5. The summed E-state index contributed by atoms with van der Waals surface area (Å²) < 4.78 is 10.3. The van der Waals surface area contributed by atoms with Crippen molar-refractivity contribution in [2.45, 2.75) is 33.1 Å². The van der Waals surface area contributed by atoms with Gasteiger partial charge in [-0.25, -0.2) is 0 Å². The van der Waals surface area contributed by atoms with Gasteiger partial charge in [-0.15, -0.1) is 0 Å². The number of ether oxygens (including phenoxy) is 2. The summed E-state index contributed by atoms with van der Waals surface area (Å²) in [5, 5.41) is 0. The molecule has 18 heavy (non-hydrogen) atoms. The van der Waals surface area contributed by atoms with Crippen LogP contribution in [0.1, 0.15) is 27.8 Å². The van der Waals surface area contributed by atoms with Crippen LogP contribution in [-0.4, -0.2) is 26.3 Å². The third kappa shape index (κ3) is 1.65. The summed E-state index contributed by atoms with van der Waals surface area (Å²) >= 11 is 0. The van der Waals surface area contributed by atoms with Crippen LogP contribution in [0.2, 0.25) is 0 Å². The molecule has 0 amide bonds. The minimum absolute atomic E-state index is 0.190. The molecule has 0 radical (unpaired) electrons. The molecule has 0 spiro atoms. The van der Waals surface area contributed by atoms with Crippen molar-refractivity contribution < 1.29 is 14.3 Å². The fourth-order valence-corrected chi connectivity index (χ4v) is 2.80. The van der Waals surface area contributed by atoms with Gasteiger partial charge >= 0.3 is 5.97 Å². The van der Waals surface area contributed by atoms with Crippen LogP contribution in [0, 0.1) is 27.7 Å². The van der Waals surface area contributed by atoms with Gasteiger partial charge in [0.2, 0.25) is 0 Å². The fourth-order valence-electron chi connectivity index (χ4n) is 2.80. The summed E-state index contributed by atoms with van der Waals surface area (Å²) in [5.41, 5.74) is 5.27. The number of benzene rings is 1. The summed E-state index contributed by atoms with van der Waals surface area (Å²) in [5.74, 6) is -0.190. The number of aryl methyl sites for hydroxylation is 2. The van der Waals surface area contributed by atoms with Gasteiger partial charge in [0.25, 0.3) is 0 Å². The number of esters is 1. The number of carbonyl (C=O) groups is 1. The molecule has 0 unspecified atom stereocenters. The average molecular weight is 248 g/mol. The van der Waals surface area contributed by atoms with Gasteiger partial charge in [-0.05, 0) is 55.5 Å². The van der Waals surface area contributed by atoms with E-state index in [9.17, 15) is 4.79 Å². The molecule has 98 valence electrons. The lowest BCUT2D eigenvalue weighted by atomic mass is 9.73. The molecule has 1 heterocycles. The van der Waals surface area contributed by atoms with Gasteiger partial charge in [-0.1, -0.05) is 6.07 Å². The summed E-state index contributed by atoms with van der Waals surface area (Å²) in [7, 11) is 1.44. The van der Waals surface area contributed by atoms with Gasteiger partial charge in [0, 0.05) is 0 Å². The molecule has 1 aliphatic rings. The standard InChI is InChI=1S/C15H20O3/c1-9-6-10(2)12(4)13(11(9)3)15(7-18-8-15)14(16)17-5/h6H,7-8H2,1-5H3. The van der Waals surface area contributed by atoms with E-state index in [1.54, 1.807) is 0 Å². The Labute approximate surface area is 108 Å². The van der Waals surface area contributed by atoms with Crippen molar-refractivity contribution in [2.24, 2.45) is 0 Å². The SMILES string of the molecule is COC(=O)C1(c2c(C)c(C)cc(C)c2C)COC1. The normalized spacial score (nSPS) is 17.2. The van der Waals surface area contributed by atoms with Crippen LogP contribution in [-0.2, 0) is 19.7 Å². The minimum atomic E-state index is -0.598. The van der Waals surface area contributed by atoms with Crippen LogP contribution in [0.25, 0.3) is 0 Å². The maximum Gasteiger partial charge on any atom is 0.321 e. The molecule has 0 aromatic heterocycles. The van der Waals surface area contributed by atoms with Crippen LogP contribution in [0.3, 0.4) is 0 Å². The zero-order chi connectivity index (χ0) is 13.5. The summed E-state index contributed by atoms with van der Waals surface area (Å²) in [6.07, 6.45) is 0. The molecule has 0 aliphatic carbocycles. The highest BCUT2D eigenvalue weighted by Gasteiger charge is 2.50. The van der Waals surface area contributed by atoms with E-state index >= 15 is 0 Å². The molecule has 1 aromatic rings. The second-order valence-electron chi connectivity index (χ2n) is 5.20. The van der Waals surface area contributed by atoms with Crippen LogP contribution >= 0.6 is 0 Å². The summed E-state index contributed by atoms with van der Waals surface area (Å²) in [4.78, 5) is 12.1. The maximum atomic E-state index is 12.1. The third-order valence-electron chi connectivity index (χ3n) is 4.12. The Morgan fingerprint density at radius 1 is 1.17 bits per heavy atom. The highest BCUT2D eigenvalue weighted by Crippen LogP contribution is 2.39. The fraction of sp³-hybridized carbons (Fsp3) is 0.533. The summed E-state index contributed by atoms with van der Waals surface area (Å²) in [6.45, 7) is 9.14. The zero-order valence-corrected chi connectivity index (χ0v) is 11.7. The lowest BCUT2D eigenvalue weighted by Gasteiger charge is -2.41. The quantitative estimate of drug-likeness (QED) is 0.754. The van der Waals surface area contributed by atoms with Crippen molar-refractivity contribution in [1.82, 2.24) is 0 Å². The van der Waals surface area contributed by atoms with Crippen molar-refractivity contribution in [3.8, 4) is 0 Å². The van der Waals surface area contributed by atoms with E-state index < -0.39 is 5.41 Å². The Bertz CT molecular complexity index is 473. The molecule has 1 saturated heterocycles.